The number of rotatable bonds is 8. The second-order valence-corrected chi connectivity index (χ2v) is 6.23. The molecule has 0 bridgehead atoms. The molecule has 0 saturated carbocycles. The molecular formula is C17H32IN3O4. The van der Waals surface area contributed by atoms with E-state index in [0.29, 0.717) is 13.0 Å². The second-order valence-electron chi connectivity index (χ2n) is 6.23. The van der Waals surface area contributed by atoms with Gasteiger partial charge in [0.1, 0.15) is 0 Å². The number of ether oxygens (including phenoxy) is 2. The van der Waals surface area contributed by atoms with Crippen LogP contribution in [-0.4, -0.2) is 63.7 Å². The van der Waals surface area contributed by atoms with E-state index in [0.717, 1.165) is 44.7 Å². The molecule has 7 nitrogen and oxygen atoms in total. The number of halogens is 1. The van der Waals surface area contributed by atoms with Crippen LogP contribution in [0.5, 0.6) is 0 Å². The highest BCUT2D eigenvalue weighted by Crippen LogP contribution is 2.24. The molecule has 1 aliphatic heterocycles. The first kappa shape index (κ1) is 23.9. The van der Waals surface area contributed by atoms with Gasteiger partial charge in [0.05, 0.1) is 20.1 Å². The largest absolute Gasteiger partial charge is 0.469 e. The third-order valence-electron chi connectivity index (χ3n) is 4.45. The van der Waals surface area contributed by atoms with E-state index in [1.165, 1.54) is 14.2 Å². The molecule has 0 aromatic carbocycles. The maximum absolute atomic E-state index is 11.8. The number of likely N-dealkylation sites (tertiary alicyclic amines) is 1. The molecule has 0 aliphatic carbocycles. The molecule has 1 saturated heterocycles. The summed E-state index contributed by atoms with van der Waals surface area (Å²) in [7, 11) is 4.61. The lowest BCUT2D eigenvalue weighted by atomic mass is 9.99. The van der Waals surface area contributed by atoms with Crippen LogP contribution in [0, 0.1) is 11.8 Å². The van der Waals surface area contributed by atoms with Crippen molar-refractivity contribution in [3.8, 4) is 0 Å². The zero-order valence-electron chi connectivity index (χ0n) is 15.7. The fourth-order valence-corrected chi connectivity index (χ4v) is 2.98. The Morgan fingerprint density at radius 1 is 1.12 bits per heavy atom. The van der Waals surface area contributed by atoms with Gasteiger partial charge in [-0.05, 0) is 18.8 Å². The summed E-state index contributed by atoms with van der Waals surface area (Å²) in [5.41, 5.74) is 0. The molecular weight excluding hydrogens is 437 g/mol. The molecule has 0 radical (unpaired) electrons. The first-order valence-electron chi connectivity index (χ1n) is 8.63. The van der Waals surface area contributed by atoms with Crippen LogP contribution in [0.25, 0.3) is 0 Å². The van der Waals surface area contributed by atoms with Gasteiger partial charge < -0.3 is 19.7 Å². The zero-order chi connectivity index (χ0) is 17.9. The molecule has 1 fully saturated rings. The van der Waals surface area contributed by atoms with Gasteiger partial charge in [0.15, 0.2) is 5.96 Å². The van der Waals surface area contributed by atoms with Crippen LogP contribution in [0.2, 0.25) is 0 Å². The predicted octanol–water partition coefficient (Wildman–Crippen LogP) is 2.04. The lowest BCUT2D eigenvalue weighted by Crippen LogP contribution is -2.41. The zero-order valence-corrected chi connectivity index (χ0v) is 18.1. The molecule has 1 N–H and O–H groups in total. The highest BCUT2D eigenvalue weighted by Gasteiger charge is 2.36. The smallest absolute Gasteiger partial charge is 0.310 e. The fraction of sp³-hybridized carbons (Fsp3) is 0.824. The number of nitrogens with zero attached hydrogens (tertiary/aromatic N) is 2. The Morgan fingerprint density at radius 3 is 2.40 bits per heavy atom. The van der Waals surface area contributed by atoms with Crippen LogP contribution in [-0.2, 0) is 19.1 Å². The number of hydrogen-bond acceptors (Lipinski definition) is 5. The maximum atomic E-state index is 11.8. The Bertz CT molecular complexity index is 446. The molecule has 1 aliphatic rings. The quantitative estimate of drug-likeness (QED) is 0.193. The monoisotopic (exact) mass is 469 g/mol. The van der Waals surface area contributed by atoms with Crippen molar-refractivity contribution in [2.45, 2.75) is 39.0 Å². The average molecular weight is 469 g/mol. The van der Waals surface area contributed by atoms with Gasteiger partial charge in [-0.15, -0.1) is 24.0 Å². The normalized spacial score (nSPS) is 20.0. The Labute approximate surface area is 167 Å². The van der Waals surface area contributed by atoms with Crippen molar-refractivity contribution in [1.82, 2.24) is 10.2 Å². The molecule has 1 rings (SSSR count). The first-order chi connectivity index (χ1) is 11.5. The lowest BCUT2D eigenvalue weighted by molar-refractivity contribution is -0.146. The van der Waals surface area contributed by atoms with Crippen LogP contribution in [0.4, 0.5) is 0 Å². The standard InChI is InChI=1S/C17H31N3O4.HI/c1-13-11-20(12-14(13)16(22)24-4)17(18-2)19-10-8-6-5-7-9-15(21)23-3;/h13-14H,5-12H2,1-4H3,(H,18,19);1H. The summed E-state index contributed by atoms with van der Waals surface area (Å²) in [6.45, 7) is 4.35. The summed E-state index contributed by atoms with van der Waals surface area (Å²) in [5.74, 6) is 0.715. The molecule has 2 unspecified atom stereocenters. The number of esters is 2. The highest BCUT2D eigenvalue weighted by molar-refractivity contribution is 14.0. The Balaban J connectivity index is 0.00000576. The number of guanidine groups is 1. The van der Waals surface area contributed by atoms with Gasteiger partial charge in [0, 0.05) is 33.1 Å². The van der Waals surface area contributed by atoms with Crippen molar-refractivity contribution in [3.05, 3.63) is 0 Å². The van der Waals surface area contributed by atoms with Crippen molar-refractivity contribution in [2.75, 3.05) is 40.9 Å². The number of hydrogen-bond donors (Lipinski definition) is 1. The number of methoxy groups -OCH3 is 2. The maximum Gasteiger partial charge on any atom is 0.310 e. The van der Waals surface area contributed by atoms with Crippen LogP contribution in [0.1, 0.15) is 39.0 Å². The molecule has 1 heterocycles. The van der Waals surface area contributed by atoms with Gasteiger partial charge in [-0.3, -0.25) is 14.6 Å². The summed E-state index contributed by atoms with van der Waals surface area (Å²) in [4.78, 5) is 29.2. The van der Waals surface area contributed by atoms with E-state index in [2.05, 4.69) is 26.9 Å². The van der Waals surface area contributed by atoms with Crippen LogP contribution >= 0.6 is 24.0 Å². The molecule has 0 spiro atoms. The van der Waals surface area contributed by atoms with Gasteiger partial charge in [0.25, 0.3) is 0 Å². The summed E-state index contributed by atoms with van der Waals surface area (Å²) < 4.78 is 9.49. The van der Waals surface area contributed by atoms with Crippen molar-refractivity contribution in [2.24, 2.45) is 16.8 Å². The minimum atomic E-state index is -0.147. The third-order valence-corrected chi connectivity index (χ3v) is 4.45. The molecule has 0 aromatic heterocycles. The number of nitrogens with one attached hydrogen (secondary N) is 1. The fourth-order valence-electron chi connectivity index (χ4n) is 2.98. The van der Waals surface area contributed by atoms with E-state index in [1.807, 2.05) is 0 Å². The minimum absolute atomic E-state index is 0. The Hall–Kier alpha value is -1.06. The molecule has 8 heteroatoms. The van der Waals surface area contributed by atoms with E-state index in [4.69, 9.17) is 4.74 Å². The number of aliphatic imine (C=N–C) groups is 1. The van der Waals surface area contributed by atoms with Gasteiger partial charge in [0.2, 0.25) is 0 Å². The van der Waals surface area contributed by atoms with Gasteiger partial charge in [-0.1, -0.05) is 19.8 Å². The Kier molecular flexibility index (Phi) is 12.6. The summed E-state index contributed by atoms with van der Waals surface area (Å²) >= 11 is 0. The molecule has 0 aromatic rings. The summed E-state index contributed by atoms with van der Waals surface area (Å²) in [6.07, 6.45) is 4.45. The van der Waals surface area contributed by atoms with Gasteiger partial charge in [-0.2, -0.15) is 0 Å². The minimum Gasteiger partial charge on any atom is -0.469 e. The number of carbonyl (C=O) groups is 2. The predicted molar refractivity (Wildman–Crippen MR) is 108 cm³/mol. The summed E-state index contributed by atoms with van der Waals surface area (Å²) in [5, 5.41) is 3.35. The molecule has 25 heavy (non-hydrogen) atoms. The molecule has 2 atom stereocenters. The van der Waals surface area contributed by atoms with E-state index in [-0.39, 0.29) is 47.8 Å². The summed E-state index contributed by atoms with van der Waals surface area (Å²) in [6, 6.07) is 0. The van der Waals surface area contributed by atoms with E-state index in [1.54, 1.807) is 7.05 Å². The van der Waals surface area contributed by atoms with E-state index < -0.39 is 0 Å². The Morgan fingerprint density at radius 2 is 1.80 bits per heavy atom. The number of unbranched alkanes of at least 4 members (excludes halogenated alkanes) is 3. The average Bonchev–Trinajstić information content (AvgIpc) is 2.97. The topological polar surface area (TPSA) is 80.2 Å². The second kappa shape index (κ2) is 13.2. The van der Waals surface area contributed by atoms with Crippen LogP contribution in [0.3, 0.4) is 0 Å². The lowest BCUT2D eigenvalue weighted by Gasteiger charge is -2.21. The SMILES string of the molecule is CN=C(NCCCCCCC(=O)OC)N1CC(C)C(C(=O)OC)C1.I. The first-order valence-corrected chi connectivity index (χ1v) is 8.63. The third kappa shape index (κ3) is 8.24. The molecule has 146 valence electrons. The van der Waals surface area contributed by atoms with E-state index >= 15 is 0 Å². The van der Waals surface area contributed by atoms with Crippen LogP contribution in [0.15, 0.2) is 4.99 Å². The van der Waals surface area contributed by atoms with Crippen molar-refractivity contribution >= 4 is 41.9 Å². The van der Waals surface area contributed by atoms with Crippen molar-refractivity contribution in [3.63, 3.8) is 0 Å². The number of carbonyl (C=O) groups excluding carboxylic acids is 2. The van der Waals surface area contributed by atoms with Crippen molar-refractivity contribution in [1.29, 1.82) is 0 Å². The van der Waals surface area contributed by atoms with Crippen molar-refractivity contribution < 1.29 is 19.1 Å². The van der Waals surface area contributed by atoms with Gasteiger partial charge >= 0.3 is 11.9 Å². The van der Waals surface area contributed by atoms with E-state index in [9.17, 15) is 9.59 Å². The molecule has 0 amide bonds. The van der Waals surface area contributed by atoms with Crippen LogP contribution < -0.4 is 5.32 Å². The van der Waals surface area contributed by atoms with Gasteiger partial charge in [-0.25, -0.2) is 0 Å². The highest BCUT2D eigenvalue weighted by atomic mass is 127.